The van der Waals surface area contributed by atoms with Crippen LogP contribution in [0.25, 0.3) is 0 Å². The number of halogens is 1. The Hall–Kier alpha value is -2.07. The van der Waals surface area contributed by atoms with Crippen molar-refractivity contribution in [2.45, 2.75) is 27.3 Å². The molecule has 1 amide bonds. The number of carbonyl (C=O) groups is 1. The minimum absolute atomic E-state index is 0.316. The molecule has 1 aromatic heterocycles. The number of hydrogen-bond donors (Lipinski definition) is 2. The second-order valence-electron chi connectivity index (χ2n) is 4.26. The number of aryl methyl sites for hydroxylation is 1. The quantitative estimate of drug-likeness (QED) is 0.845. The van der Waals surface area contributed by atoms with Gasteiger partial charge in [-0.3, -0.25) is 4.79 Å². The van der Waals surface area contributed by atoms with E-state index >= 15 is 0 Å². The highest BCUT2D eigenvalue weighted by Gasteiger charge is 2.09. The second kappa shape index (κ2) is 8.27. The lowest BCUT2D eigenvalue weighted by Crippen LogP contribution is -2.15. The molecule has 21 heavy (non-hydrogen) atoms. The van der Waals surface area contributed by atoms with E-state index in [0.717, 1.165) is 5.56 Å². The molecule has 0 aliphatic carbocycles. The smallest absolute Gasteiger partial charge is 0.252 e. The molecule has 5 heteroatoms. The van der Waals surface area contributed by atoms with E-state index in [1.54, 1.807) is 6.07 Å². The van der Waals surface area contributed by atoms with E-state index in [9.17, 15) is 4.79 Å². The minimum Gasteiger partial charge on any atom is -0.380 e. The molecule has 0 radical (unpaired) electrons. The van der Waals surface area contributed by atoms with E-state index in [1.807, 2.05) is 39.0 Å². The SMILES string of the molecule is CC.Cc1cccc(CNc2cc(Cl)ncc2C(N)=O)c1. The molecule has 0 saturated carbocycles. The lowest BCUT2D eigenvalue weighted by atomic mass is 10.1. The molecule has 2 rings (SSSR count). The van der Waals surface area contributed by atoms with Crippen molar-refractivity contribution in [2.24, 2.45) is 5.73 Å². The molecule has 3 N–H and O–H groups in total. The molecule has 0 aliphatic heterocycles. The van der Waals surface area contributed by atoms with E-state index in [1.165, 1.54) is 11.8 Å². The van der Waals surface area contributed by atoms with Crippen LogP contribution in [-0.2, 0) is 6.54 Å². The molecule has 4 nitrogen and oxygen atoms in total. The summed E-state index contributed by atoms with van der Waals surface area (Å²) in [6, 6.07) is 9.69. The van der Waals surface area contributed by atoms with Crippen molar-refractivity contribution in [1.82, 2.24) is 4.98 Å². The number of nitrogens with one attached hydrogen (secondary N) is 1. The predicted octanol–water partition coefficient (Wildman–Crippen LogP) is 3.78. The summed E-state index contributed by atoms with van der Waals surface area (Å²) in [7, 11) is 0. The molecule has 1 heterocycles. The summed E-state index contributed by atoms with van der Waals surface area (Å²) in [6.07, 6.45) is 1.38. The average Bonchev–Trinajstić information content (AvgIpc) is 2.47. The molecule has 0 unspecified atom stereocenters. The first-order valence-electron chi connectivity index (χ1n) is 6.81. The monoisotopic (exact) mass is 305 g/mol. The molecular weight excluding hydrogens is 286 g/mol. The maximum atomic E-state index is 11.3. The predicted molar refractivity (Wildman–Crippen MR) is 87.6 cm³/mol. The van der Waals surface area contributed by atoms with Gasteiger partial charge in [0.25, 0.3) is 5.91 Å². The Morgan fingerprint density at radius 3 is 2.67 bits per heavy atom. The number of hydrogen-bond acceptors (Lipinski definition) is 3. The van der Waals surface area contributed by atoms with Gasteiger partial charge in [0.15, 0.2) is 0 Å². The number of anilines is 1. The minimum atomic E-state index is -0.532. The van der Waals surface area contributed by atoms with Gasteiger partial charge in [0.1, 0.15) is 5.15 Å². The van der Waals surface area contributed by atoms with Crippen molar-refractivity contribution in [3.05, 3.63) is 58.4 Å². The lowest BCUT2D eigenvalue weighted by molar-refractivity contribution is 0.100. The summed E-state index contributed by atoms with van der Waals surface area (Å²) in [5, 5.41) is 3.47. The highest BCUT2D eigenvalue weighted by atomic mass is 35.5. The van der Waals surface area contributed by atoms with Gasteiger partial charge in [-0.05, 0) is 18.6 Å². The fourth-order valence-corrected chi connectivity index (χ4v) is 1.95. The second-order valence-corrected chi connectivity index (χ2v) is 4.65. The maximum absolute atomic E-state index is 11.3. The molecule has 0 atom stereocenters. The van der Waals surface area contributed by atoms with Gasteiger partial charge < -0.3 is 11.1 Å². The molecule has 2 aromatic rings. The van der Waals surface area contributed by atoms with Gasteiger partial charge in [-0.2, -0.15) is 0 Å². The van der Waals surface area contributed by atoms with Crippen LogP contribution < -0.4 is 11.1 Å². The molecule has 0 spiro atoms. The van der Waals surface area contributed by atoms with Crippen LogP contribution in [0.15, 0.2) is 36.5 Å². The number of rotatable bonds is 4. The lowest BCUT2D eigenvalue weighted by Gasteiger charge is -2.10. The van der Waals surface area contributed by atoms with Gasteiger partial charge in [-0.1, -0.05) is 55.3 Å². The van der Waals surface area contributed by atoms with Crippen molar-refractivity contribution in [1.29, 1.82) is 0 Å². The Balaban J connectivity index is 0.00000106. The summed E-state index contributed by atoms with van der Waals surface area (Å²) in [6.45, 7) is 6.62. The molecule has 0 fully saturated rings. The number of benzene rings is 1. The number of aromatic nitrogens is 1. The Labute approximate surface area is 130 Å². The Kier molecular flexibility index (Phi) is 6.69. The third-order valence-corrected chi connectivity index (χ3v) is 2.91. The molecule has 112 valence electrons. The van der Waals surface area contributed by atoms with Gasteiger partial charge >= 0.3 is 0 Å². The van der Waals surface area contributed by atoms with Crippen molar-refractivity contribution >= 4 is 23.2 Å². The van der Waals surface area contributed by atoms with E-state index in [4.69, 9.17) is 17.3 Å². The fraction of sp³-hybridized carbons (Fsp3) is 0.250. The van der Waals surface area contributed by atoms with Gasteiger partial charge in [0.2, 0.25) is 0 Å². The van der Waals surface area contributed by atoms with Crippen LogP contribution in [0.2, 0.25) is 5.15 Å². The largest absolute Gasteiger partial charge is 0.380 e. The highest BCUT2D eigenvalue weighted by Crippen LogP contribution is 2.19. The number of carbonyl (C=O) groups excluding carboxylic acids is 1. The van der Waals surface area contributed by atoms with Crippen molar-refractivity contribution < 1.29 is 4.79 Å². The summed E-state index contributed by atoms with van der Waals surface area (Å²) < 4.78 is 0. The summed E-state index contributed by atoms with van der Waals surface area (Å²) in [4.78, 5) is 15.2. The molecule has 1 aromatic carbocycles. The first-order valence-corrected chi connectivity index (χ1v) is 7.19. The molecule has 0 saturated heterocycles. The molecule has 0 bridgehead atoms. The van der Waals surface area contributed by atoms with Crippen LogP contribution in [-0.4, -0.2) is 10.9 Å². The van der Waals surface area contributed by atoms with Crippen LogP contribution in [0.5, 0.6) is 0 Å². The zero-order valence-corrected chi connectivity index (χ0v) is 13.2. The highest BCUT2D eigenvalue weighted by molar-refractivity contribution is 6.29. The summed E-state index contributed by atoms with van der Waals surface area (Å²) in [5.41, 5.74) is 8.51. The van der Waals surface area contributed by atoms with E-state index in [-0.39, 0.29) is 0 Å². The average molecular weight is 306 g/mol. The zero-order chi connectivity index (χ0) is 15.8. The third kappa shape index (κ3) is 5.08. The number of nitrogens with two attached hydrogens (primary N) is 1. The summed E-state index contributed by atoms with van der Waals surface area (Å²) in [5.74, 6) is -0.532. The van der Waals surface area contributed by atoms with Crippen LogP contribution in [0.3, 0.4) is 0 Å². The van der Waals surface area contributed by atoms with Gasteiger partial charge in [-0.25, -0.2) is 4.98 Å². The number of pyridine rings is 1. The first-order chi connectivity index (χ1) is 10.1. The van der Waals surface area contributed by atoms with E-state index in [2.05, 4.69) is 16.4 Å². The van der Waals surface area contributed by atoms with Crippen LogP contribution >= 0.6 is 11.6 Å². The van der Waals surface area contributed by atoms with Crippen LogP contribution in [0.4, 0.5) is 5.69 Å². The van der Waals surface area contributed by atoms with Gasteiger partial charge in [0, 0.05) is 12.7 Å². The van der Waals surface area contributed by atoms with Crippen LogP contribution in [0, 0.1) is 6.92 Å². The van der Waals surface area contributed by atoms with Crippen molar-refractivity contribution in [3.8, 4) is 0 Å². The van der Waals surface area contributed by atoms with Crippen LogP contribution in [0.1, 0.15) is 35.3 Å². The number of primary amides is 1. The molecule has 0 aliphatic rings. The number of amides is 1. The Bertz CT molecular complexity index is 614. The standard InChI is InChI=1S/C14H14ClN3O.C2H6/c1-9-3-2-4-10(5-9)7-17-12-6-13(15)18-8-11(12)14(16)19;1-2/h2-6,8H,7H2,1H3,(H2,16,19)(H,17,18);1-2H3. The van der Waals surface area contributed by atoms with E-state index < -0.39 is 5.91 Å². The number of nitrogens with zero attached hydrogens (tertiary/aromatic N) is 1. The Morgan fingerprint density at radius 2 is 2.05 bits per heavy atom. The summed E-state index contributed by atoms with van der Waals surface area (Å²) >= 11 is 5.83. The van der Waals surface area contributed by atoms with Gasteiger partial charge in [-0.15, -0.1) is 0 Å². The van der Waals surface area contributed by atoms with Crippen molar-refractivity contribution in [2.75, 3.05) is 5.32 Å². The Morgan fingerprint density at radius 1 is 1.33 bits per heavy atom. The van der Waals surface area contributed by atoms with Gasteiger partial charge in [0.05, 0.1) is 11.3 Å². The normalized spacial score (nSPS) is 9.52. The first kappa shape index (κ1) is 17.0. The topological polar surface area (TPSA) is 68.0 Å². The maximum Gasteiger partial charge on any atom is 0.252 e. The van der Waals surface area contributed by atoms with Crippen molar-refractivity contribution in [3.63, 3.8) is 0 Å². The van der Waals surface area contributed by atoms with E-state index in [0.29, 0.717) is 22.9 Å². The molecular formula is C16H20ClN3O. The third-order valence-electron chi connectivity index (χ3n) is 2.70. The zero-order valence-electron chi connectivity index (χ0n) is 12.5. The fourth-order valence-electron chi connectivity index (χ4n) is 1.79.